The zero-order valence-corrected chi connectivity index (χ0v) is 16.7. The lowest BCUT2D eigenvalue weighted by molar-refractivity contribution is -0.122. The van der Waals surface area contributed by atoms with E-state index in [4.69, 9.17) is 0 Å². The second-order valence-corrected chi connectivity index (χ2v) is 7.55. The van der Waals surface area contributed by atoms with Crippen LogP contribution in [0, 0.1) is 5.82 Å². The van der Waals surface area contributed by atoms with E-state index in [2.05, 4.69) is 15.5 Å². The van der Waals surface area contributed by atoms with Gasteiger partial charge in [0.25, 0.3) is 22.6 Å². The maximum Gasteiger partial charge on any atom is 0.293 e. The van der Waals surface area contributed by atoms with Crippen LogP contribution in [-0.4, -0.2) is 45.2 Å². The summed E-state index contributed by atoms with van der Waals surface area (Å²) in [7, 11) is 0. The number of thioether (sulfide) groups is 1. The quantitative estimate of drug-likeness (QED) is 0.592. The Labute approximate surface area is 179 Å². The summed E-state index contributed by atoms with van der Waals surface area (Å²) in [5.41, 5.74) is -0.173. The van der Waals surface area contributed by atoms with Crippen molar-refractivity contribution >= 4 is 45.7 Å². The van der Waals surface area contributed by atoms with Gasteiger partial charge in [0.15, 0.2) is 5.69 Å². The van der Waals surface area contributed by atoms with Crippen molar-refractivity contribution in [3.05, 3.63) is 80.9 Å². The first-order chi connectivity index (χ1) is 15.0. The van der Waals surface area contributed by atoms with E-state index in [1.807, 2.05) is 0 Å². The SMILES string of the molecule is O=C(NCCN1C(=O)S/C(=C\c2ccccc2F)C1=O)c1n[nH]c(=O)c2ccccc12. The van der Waals surface area contributed by atoms with Gasteiger partial charge in [-0.3, -0.25) is 24.1 Å². The number of H-pyrrole nitrogens is 1. The van der Waals surface area contributed by atoms with Crippen LogP contribution in [0.4, 0.5) is 9.18 Å². The van der Waals surface area contributed by atoms with Gasteiger partial charge >= 0.3 is 0 Å². The molecule has 0 unspecified atom stereocenters. The maximum absolute atomic E-state index is 13.8. The molecule has 0 spiro atoms. The summed E-state index contributed by atoms with van der Waals surface area (Å²) in [6, 6.07) is 12.5. The van der Waals surface area contributed by atoms with Crippen molar-refractivity contribution in [2.24, 2.45) is 0 Å². The monoisotopic (exact) mass is 438 g/mol. The number of amides is 3. The Balaban J connectivity index is 1.43. The molecule has 0 atom stereocenters. The number of nitrogens with one attached hydrogen (secondary N) is 2. The molecule has 31 heavy (non-hydrogen) atoms. The van der Waals surface area contributed by atoms with Crippen molar-refractivity contribution < 1.29 is 18.8 Å². The van der Waals surface area contributed by atoms with Crippen LogP contribution in [0.5, 0.6) is 0 Å². The molecule has 156 valence electrons. The molecular weight excluding hydrogens is 423 g/mol. The summed E-state index contributed by atoms with van der Waals surface area (Å²) < 4.78 is 13.8. The molecule has 1 aliphatic rings. The van der Waals surface area contributed by atoms with Crippen LogP contribution in [0.25, 0.3) is 16.8 Å². The largest absolute Gasteiger partial charge is 0.349 e. The summed E-state index contributed by atoms with van der Waals surface area (Å²) in [5.74, 6) is -1.61. The average Bonchev–Trinajstić information content (AvgIpc) is 3.03. The van der Waals surface area contributed by atoms with Crippen LogP contribution < -0.4 is 10.9 Å². The number of aromatic amines is 1. The van der Waals surface area contributed by atoms with Crippen molar-refractivity contribution in [2.45, 2.75) is 0 Å². The Morgan fingerprint density at radius 2 is 1.81 bits per heavy atom. The molecule has 3 aromatic rings. The highest BCUT2D eigenvalue weighted by Gasteiger charge is 2.34. The van der Waals surface area contributed by atoms with Crippen molar-refractivity contribution in [3.63, 3.8) is 0 Å². The number of rotatable bonds is 5. The van der Waals surface area contributed by atoms with Gasteiger partial charge < -0.3 is 5.32 Å². The molecule has 2 N–H and O–H groups in total. The number of aromatic nitrogens is 2. The number of carbonyl (C=O) groups excluding carboxylic acids is 3. The van der Waals surface area contributed by atoms with Gasteiger partial charge in [0.2, 0.25) is 0 Å². The molecule has 0 aliphatic carbocycles. The van der Waals surface area contributed by atoms with E-state index < -0.39 is 28.4 Å². The molecule has 8 nitrogen and oxygen atoms in total. The molecule has 1 saturated heterocycles. The number of benzene rings is 2. The highest BCUT2D eigenvalue weighted by molar-refractivity contribution is 8.18. The van der Waals surface area contributed by atoms with Gasteiger partial charge in [-0.15, -0.1) is 0 Å². The van der Waals surface area contributed by atoms with Gasteiger partial charge in [-0.25, -0.2) is 9.49 Å². The second kappa shape index (κ2) is 8.52. The molecule has 4 rings (SSSR count). The second-order valence-electron chi connectivity index (χ2n) is 6.56. The molecule has 1 fully saturated rings. The number of hydrogen-bond acceptors (Lipinski definition) is 6. The summed E-state index contributed by atoms with van der Waals surface area (Å²) in [6.45, 7) is -0.0781. The Hall–Kier alpha value is -3.79. The summed E-state index contributed by atoms with van der Waals surface area (Å²) in [6.07, 6.45) is 1.33. The Bertz CT molecular complexity index is 1300. The molecule has 0 bridgehead atoms. The number of fused-ring (bicyclic) bond motifs is 1. The lowest BCUT2D eigenvalue weighted by Gasteiger charge is -2.13. The van der Waals surface area contributed by atoms with E-state index in [9.17, 15) is 23.6 Å². The van der Waals surface area contributed by atoms with Crippen molar-refractivity contribution in [2.75, 3.05) is 13.1 Å². The molecule has 3 amide bonds. The van der Waals surface area contributed by atoms with Crippen LogP contribution in [0.2, 0.25) is 0 Å². The fraction of sp³-hybridized carbons (Fsp3) is 0.0952. The van der Waals surface area contributed by atoms with E-state index in [1.165, 1.54) is 24.3 Å². The van der Waals surface area contributed by atoms with Crippen LogP contribution in [0.3, 0.4) is 0 Å². The van der Waals surface area contributed by atoms with Crippen LogP contribution >= 0.6 is 11.8 Å². The molecule has 1 aromatic heterocycles. The lowest BCUT2D eigenvalue weighted by atomic mass is 10.1. The first-order valence-electron chi connectivity index (χ1n) is 9.21. The Kier molecular flexibility index (Phi) is 5.63. The predicted octanol–water partition coefficient (Wildman–Crippen LogP) is 2.53. The molecule has 2 aromatic carbocycles. The minimum absolute atomic E-state index is 0.0149. The third kappa shape index (κ3) is 4.10. The van der Waals surface area contributed by atoms with Gasteiger partial charge in [-0.1, -0.05) is 36.4 Å². The predicted molar refractivity (Wildman–Crippen MR) is 114 cm³/mol. The third-order valence-corrected chi connectivity index (χ3v) is 5.50. The minimum atomic E-state index is -0.555. The fourth-order valence-corrected chi connectivity index (χ4v) is 3.93. The minimum Gasteiger partial charge on any atom is -0.349 e. The van der Waals surface area contributed by atoms with Crippen molar-refractivity contribution in [1.82, 2.24) is 20.4 Å². The average molecular weight is 438 g/mol. The van der Waals surface area contributed by atoms with E-state index in [-0.39, 0.29) is 29.3 Å². The first-order valence-corrected chi connectivity index (χ1v) is 10.0. The summed E-state index contributed by atoms with van der Waals surface area (Å²) in [4.78, 5) is 50.1. The van der Waals surface area contributed by atoms with Gasteiger partial charge in [0.05, 0.1) is 10.3 Å². The van der Waals surface area contributed by atoms with Crippen molar-refractivity contribution in [1.29, 1.82) is 0 Å². The number of hydrogen-bond donors (Lipinski definition) is 2. The highest BCUT2D eigenvalue weighted by Crippen LogP contribution is 2.32. The number of imide groups is 1. The maximum atomic E-state index is 13.8. The Morgan fingerprint density at radius 1 is 1.10 bits per heavy atom. The fourth-order valence-electron chi connectivity index (χ4n) is 3.08. The van der Waals surface area contributed by atoms with E-state index in [0.717, 1.165) is 4.90 Å². The Morgan fingerprint density at radius 3 is 2.58 bits per heavy atom. The highest BCUT2D eigenvalue weighted by atomic mass is 32.2. The zero-order chi connectivity index (χ0) is 22.0. The van der Waals surface area contributed by atoms with Crippen molar-refractivity contribution in [3.8, 4) is 0 Å². The molecule has 0 radical (unpaired) electrons. The van der Waals surface area contributed by atoms with E-state index in [1.54, 1.807) is 30.3 Å². The number of nitrogens with zero attached hydrogens (tertiary/aromatic N) is 2. The third-order valence-electron chi connectivity index (χ3n) is 4.60. The number of carbonyl (C=O) groups is 3. The molecule has 0 saturated carbocycles. The van der Waals surface area contributed by atoms with Gasteiger partial charge in [0.1, 0.15) is 5.82 Å². The molecular formula is C21H15FN4O4S. The van der Waals surface area contributed by atoms with Gasteiger partial charge in [0, 0.05) is 24.0 Å². The molecule has 1 aliphatic heterocycles. The van der Waals surface area contributed by atoms with Crippen LogP contribution in [-0.2, 0) is 4.79 Å². The summed E-state index contributed by atoms with van der Waals surface area (Å²) >= 11 is 0.711. The summed E-state index contributed by atoms with van der Waals surface area (Å²) in [5, 5.41) is 8.89. The standard InChI is InChI=1S/C21H15FN4O4S/c22-15-8-4-1-5-12(15)11-16-20(29)26(21(30)31-16)10-9-23-19(28)17-13-6-2-3-7-14(13)18(27)25-24-17/h1-8,11H,9-10H2,(H,23,28)(H,25,27)/b16-11-. The topological polar surface area (TPSA) is 112 Å². The van der Waals surface area contributed by atoms with Gasteiger partial charge in [-0.2, -0.15) is 5.10 Å². The number of halogens is 1. The molecule has 2 heterocycles. The first kappa shape index (κ1) is 20.5. The van der Waals surface area contributed by atoms with Crippen LogP contribution in [0.15, 0.2) is 58.2 Å². The normalized spacial score (nSPS) is 15.1. The zero-order valence-electron chi connectivity index (χ0n) is 15.9. The molecule has 10 heteroatoms. The van der Waals surface area contributed by atoms with Crippen LogP contribution in [0.1, 0.15) is 16.1 Å². The van der Waals surface area contributed by atoms with Gasteiger partial charge in [-0.05, 0) is 30.0 Å². The van der Waals surface area contributed by atoms with E-state index >= 15 is 0 Å². The van der Waals surface area contributed by atoms with E-state index in [0.29, 0.717) is 22.5 Å². The smallest absolute Gasteiger partial charge is 0.293 e. The lowest BCUT2D eigenvalue weighted by Crippen LogP contribution is -2.37.